The smallest absolute Gasteiger partial charge is 0 e. The largest absolute Gasteiger partial charge is 0.0620 e. The molecule has 0 saturated carbocycles. The third kappa shape index (κ3) is 1.72. The molecule has 0 unspecified atom stereocenters. The first-order chi connectivity index (χ1) is 4.97. The fourth-order valence-electron chi connectivity index (χ4n) is 1.68. The molecule has 1 aliphatic rings. The molecule has 0 aliphatic heterocycles. The van der Waals surface area contributed by atoms with Crippen molar-refractivity contribution < 1.29 is 0 Å². The van der Waals surface area contributed by atoms with E-state index in [1.807, 2.05) is 0 Å². The Hall–Kier alpha value is -0.563. The Bertz CT molecular complexity index is 205. The van der Waals surface area contributed by atoms with Crippen LogP contribution in [0.3, 0.4) is 0 Å². The van der Waals surface area contributed by atoms with Crippen LogP contribution in [-0.4, -0.2) is 11.0 Å². The van der Waals surface area contributed by atoms with Crippen LogP contribution < -0.4 is 0 Å². The van der Waals surface area contributed by atoms with Crippen molar-refractivity contribution >= 4 is 11.0 Å². The average molecular weight is 160 g/mol. The molecule has 4 radical (unpaired) electrons. The first-order valence-electron chi connectivity index (χ1n) is 4.03. The van der Waals surface area contributed by atoms with E-state index in [0.717, 1.165) is 0 Å². The molecule has 1 aromatic rings. The number of rotatable bonds is 0. The maximum atomic E-state index is 2.26. The summed E-state index contributed by atoms with van der Waals surface area (Å²) in [5, 5.41) is 0. The van der Waals surface area contributed by atoms with Crippen molar-refractivity contribution in [3.63, 3.8) is 0 Å². The van der Waals surface area contributed by atoms with Crippen molar-refractivity contribution in [1.82, 2.24) is 0 Å². The Labute approximate surface area is 72.7 Å². The second-order valence-electron chi connectivity index (χ2n) is 2.98. The summed E-state index contributed by atoms with van der Waals surface area (Å²) in [5.41, 5.74) is 3.16. The van der Waals surface area contributed by atoms with Crippen molar-refractivity contribution in [1.29, 1.82) is 0 Å². The third-order valence-electron chi connectivity index (χ3n) is 2.26. The van der Waals surface area contributed by atoms with E-state index in [0.29, 0.717) is 0 Å². The summed E-state index contributed by atoms with van der Waals surface area (Å²) < 4.78 is 0. The molecule has 56 valence electrons. The number of benzene rings is 1. The molecule has 1 heteroatoms. The summed E-state index contributed by atoms with van der Waals surface area (Å²) in [6.07, 6.45) is 5.38. The zero-order valence-electron chi connectivity index (χ0n) is 6.64. The van der Waals surface area contributed by atoms with Crippen molar-refractivity contribution in [3.8, 4) is 0 Å². The van der Waals surface area contributed by atoms with Gasteiger partial charge in [0.1, 0.15) is 0 Å². The van der Waals surface area contributed by atoms with E-state index in [4.69, 9.17) is 0 Å². The predicted molar refractivity (Wildman–Crippen MR) is 48.8 cm³/mol. The van der Waals surface area contributed by atoms with Crippen LogP contribution in [0.5, 0.6) is 0 Å². The number of aryl methyl sites for hydroxylation is 2. The zero-order valence-corrected chi connectivity index (χ0v) is 7.64. The molecule has 0 fully saturated rings. The van der Waals surface area contributed by atoms with Crippen LogP contribution in [-0.2, 0) is 12.8 Å². The van der Waals surface area contributed by atoms with Gasteiger partial charge >= 0.3 is 0 Å². The monoisotopic (exact) mass is 160 g/mol. The molecular weight excluding hydrogens is 148 g/mol. The summed E-state index contributed by atoms with van der Waals surface area (Å²) in [5.74, 6) is 0. The first-order valence-corrected chi connectivity index (χ1v) is 4.03. The molecule has 0 saturated heterocycles. The van der Waals surface area contributed by atoms with E-state index in [9.17, 15) is 0 Å². The van der Waals surface area contributed by atoms with Crippen LogP contribution in [0.1, 0.15) is 24.0 Å². The predicted octanol–water partition coefficient (Wildman–Crippen LogP) is 2.18. The summed E-state index contributed by atoms with van der Waals surface area (Å²) in [6, 6.07) is 8.80. The molecule has 1 aliphatic carbocycles. The van der Waals surface area contributed by atoms with Crippen molar-refractivity contribution in [2.45, 2.75) is 25.7 Å². The maximum Gasteiger partial charge on any atom is 0 e. The summed E-state index contributed by atoms with van der Waals surface area (Å²) in [7, 11) is 0. The molecule has 0 atom stereocenters. The van der Waals surface area contributed by atoms with Crippen LogP contribution in [0, 0.1) is 0 Å². The lowest BCUT2D eigenvalue weighted by Crippen LogP contribution is -2.00. The maximum absolute atomic E-state index is 2.26. The molecular formula is C10H12Si. The normalized spacial score (nSPS) is 14.9. The van der Waals surface area contributed by atoms with Gasteiger partial charge in [0, 0.05) is 11.0 Å². The Kier molecular flexibility index (Phi) is 2.89. The van der Waals surface area contributed by atoms with Gasteiger partial charge in [-0.2, -0.15) is 0 Å². The third-order valence-corrected chi connectivity index (χ3v) is 2.26. The second-order valence-corrected chi connectivity index (χ2v) is 2.98. The van der Waals surface area contributed by atoms with Gasteiger partial charge in [-0.25, -0.2) is 0 Å². The number of hydrogen-bond acceptors (Lipinski definition) is 0. The van der Waals surface area contributed by atoms with Crippen LogP contribution in [0.15, 0.2) is 24.3 Å². The fraction of sp³-hybridized carbons (Fsp3) is 0.400. The minimum atomic E-state index is 0. The highest BCUT2D eigenvalue weighted by Gasteiger charge is 2.05. The van der Waals surface area contributed by atoms with E-state index in [-0.39, 0.29) is 11.0 Å². The molecule has 0 amide bonds. The molecule has 11 heavy (non-hydrogen) atoms. The summed E-state index contributed by atoms with van der Waals surface area (Å²) >= 11 is 0. The SMILES string of the molecule is [Si].c1ccc2c(c1)CCCC2. The minimum absolute atomic E-state index is 0. The highest BCUT2D eigenvalue weighted by atomic mass is 28.1. The molecule has 0 N–H and O–H groups in total. The van der Waals surface area contributed by atoms with Crippen molar-refractivity contribution in [2.75, 3.05) is 0 Å². The minimum Gasteiger partial charge on any atom is -0.0620 e. The lowest BCUT2D eigenvalue weighted by Gasteiger charge is -2.13. The van der Waals surface area contributed by atoms with E-state index in [2.05, 4.69) is 24.3 Å². The zero-order chi connectivity index (χ0) is 6.81. The summed E-state index contributed by atoms with van der Waals surface area (Å²) in [6.45, 7) is 0. The summed E-state index contributed by atoms with van der Waals surface area (Å²) in [4.78, 5) is 0. The Morgan fingerprint density at radius 1 is 0.818 bits per heavy atom. The highest BCUT2D eigenvalue weighted by Crippen LogP contribution is 2.19. The van der Waals surface area contributed by atoms with Crippen molar-refractivity contribution in [3.05, 3.63) is 35.4 Å². The Balaban J connectivity index is 0.000000605. The van der Waals surface area contributed by atoms with Gasteiger partial charge in [-0.1, -0.05) is 24.3 Å². The Morgan fingerprint density at radius 3 is 1.73 bits per heavy atom. The molecule has 1 aromatic carbocycles. The van der Waals surface area contributed by atoms with Crippen LogP contribution in [0.4, 0.5) is 0 Å². The van der Waals surface area contributed by atoms with Crippen LogP contribution in [0.2, 0.25) is 0 Å². The molecule has 2 rings (SSSR count). The van der Waals surface area contributed by atoms with Gasteiger partial charge in [-0.15, -0.1) is 0 Å². The second kappa shape index (κ2) is 3.72. The lowest BCUT2D eigenvalue weighted by molar-refractivity contribution is 0.685. The molecule has 0 spiro atoms. The number of hydrogen-bond donors (Lipinski definition) is 0. The average Bonchev–Trinajstić information content (AvgIpc) is 2.05. The van der Waals surface area contributed by atoms with E-state index >= 15 is 0 Å². The van der Waals surface area contributed by atoms with Gasteiger partial charge in [0.25, 0.3) is 0 Å². The van der Waals surface area contributed by atoms with Gasteiger partial charge in [-0.05, 0) is 36.8 Å². The standard InChI is InChI=1S/C10H12.Si/c1-2-6-10-8-4-3-7-9(10)5-1;/h1-2,5-6H,3-4,7-8H2;. The molecule has 0 aromatic heterocycles. The van der Waals surface area contributed by atoms with Gasteiger partial charge in [0.15, 0.2) is 0 Å². The molecule has 0 bridgehead atoms. The topological polar surface area (TPSA) is 0 Å². The van der Waals surface area contributed by atoms with Gasteiger partial charge in [0.05, 0.1) is 0 Å². The first kappa shape index (κ1) is 8.53. The van der Waals surface area contributed by atoms with Gasteiger partial charge in [-0.3, -0.25) is 0 Å². The lowest BCUT2D eigenvalue weighted by atomic mass is 9.92. The van der Waals surface area contributed by atoms with Crippen LogP contribution in [0.25, 0.3) is 0 Å². The van der Waals surface area contributed by atoms with Gasteiger partial charge in [0.2, 0.25) is 0 Å². The van der Waals surface area contributed by atoms with E-state index in [1.54, 1.807) is 11.1 Å². The quantitative estimate of drug-likeness (QED) is 0.510. The van der Waals surface area contributed by atoms with Crippen LogP contribution >= 0.6 is 0 Å². The van der Waals surface area contributed by atoms with E-state index < -0.39 is 0 Å². The molecule has 0 heterocycles. The fourth-order valence-corrected chi connectivity index (χ4v) is 1.68. The molecule has 0 nitrogen and oxygen atoms in total. The van der Waals surface area contributed by atoms with E-state index in [1.165, 1.54) is 25.7 Å². The number of fused-ring (bicyclic) bond motifs is 1. The van der Waals surface area contributed by atoms with Crippen molar-refractivity contribution in [2.24, 2.45) is 0 Å². The van der Waals surface area contributed by atoms with Gasteiger partial charge < -0.3 is 0 Å². The highest BCUT2D eigenvalue weighted by molar-refractivity contribution is 5.75. The Morgan fingerprint density at radius 2 is 1.27 bits per heavy atom.